The van der Waals surface area contributed by atoms with Crippen molar-refractivity contribution in [2.45, 2.75) is 66.2 Å². The Hall–Kier alpha value is -4.42. The van der Waals surface area contributed by atoms with Crippen LogP contribution in [0.2, 0.25) is 0 Å². The molecular weight excluding hydrogens is 528 g/mol. The van der Waals surface area contributed by atoms with Gasteiger partial charge in [0.25, 0.3) is 0 Å². The second kappa shape index (κ2) is 9.05. The van der Waals surface area contributed by atoms with Gasteiger partial charge in [0.15, 0.2) is 0 Å². The van der Waals surface area contributed by atoms with Crippen molar-refractivity contribution in [2.24, 2.45) is 0 Å². The van der Waals surface area contributed by atoms with Crippen molar-refractivity contribution in [2.75, 3.05) is 0 Å². The summed E-state index contributed by atoms with van der Waals surface area (Å²) in [6.45, 7) is 18.4. The highest BCUT2D eigenvalue weighted by Crippen LogP contribution is 2.56. The van der Waals surface area contributed by atoms with Gasteiger partial charge in [0, 0.05) is 10.8 Å². The lowest BCUT2D eigenvalue weighted by Gasteiger charge is -2.40. The molecule has 2 aliphatic carbocycles. The van der Waals surface area contributed by atoms with Crippen LogP contribution < -0.4 is 0 Å². The van der Waals surface area contributed by atoms with Gasteiger partial charge < -0.3 is 0 Å². The SMILES string of the molecule is Cc1cc(C)cc(-c2ccc3c(c2)C(C)(C)c2ccc4c5c(ccc-3c25)-c2ccc(-c3cc(C)cc(C)c3)cc2C4(C)C)c1. The number of benzene rings is 6. The third-order valence-corrected chi connectivity index (χ3v) is 10.6. The number of aryl methyl sites for hydroxylation is 4. The van der Waals surface area contributed by atoms with E-state index >= 15 is 0 Å². The van der Waals surface area contributed by atoms with Crippen LogP contribution in [-0.4, -0.2) is 0 Å². The fourth-order valence-electron chi connectivity index (χ4n) is 8.51. The fourth-order valence-corrected chi connectivity index (χ4v) is 8.51. The third-order valence-electron chi connectivity index (χ3n) is 10.6. The van der Waals surface area contributed by atoms with Crippen molar-refractivity contribution in [3.63, 3.8) is 0 Å². The van der Waals surface area contributed by atoms with Crippen molar-refractivity contribution in [1.82, 2.24) is 0 Å². The molecular formula is C44H40. The molecule has 0 heteroatoms. The molecule has 0 saturated heterocycles. The molecule has 0 spiro atoms. The number of fused-ring (bicyclic) bond motifs is 4. The Morgan fingerprint density at radius 3 is 1.02 bits per heavy atom. The average molecular weight is 569 g/mol. The first kappa shape index (κ1) is 27.2. The molecule has 0 aromatic heterocycles. The molecule has 2 aliphatic rings. The molecule has 0 saturated carbocycles. The van der Waals surface area contributed by atoms with E-state index in [2.05, 4.69) is 152 Å². The van der Waals surface area contributed by atoms with Crippen LogP contribution in [0.5, 0.6) is 0 Å². The van der Waals surface area contributed by atoms with Gasteiger partial charge in [0.05, 0.1) is 0 Å². The van der Waals surface area contributed by atoms with Crippen LogP contribution in [0.4, 0.5) is 0 Å². The molecule has 44 heavy (non-hydrogen) atoms. The normalized spacial score (nSPS) is 15.2. The molecule has 0 aliphatic heterocycles. The monoisotopic (exact) mass is 568 g/mol. The summed E-state index contributed by atoms with van der Waals surface area (Å²) in [6, 6.07) is 37.8. The second-order valence-electron chi connectivity index (χ2n) is 14.6. The highest BCUT2D eigenvalue weighted by molar-refractivity contribution is 6.13. The Morgan fingerprint density at radius 2 is 0.659 bits per heavy atom. The van der Waals surface area contributed by atoms with Gasteiger partial charge in [-0.25, -0.2) is 0 Å². The topological polar surface area (TPSA) is 0 Å². The zero-order chi connectivity index (χ0) is 30.7. The predicted molar refractivity (Wildman–Crippen MR) is 189 cm³/mol. The molecule has 0 nitrogen and oxygen atoms in total. The van der Waals surface area contributed by atoms with Crippen LogP contribution in [0.3, 0.4) is 0 Å². The van der Waals surface area contributed by atoms with Crippen LogP contribution in [0.15, 0.2) is 97.1 Å². The Balaban J connectivity index is 1.36. The van der Waals surface area contributed by atoms with Crippen LogP contribution in [0, 0.1) is 27.7 Å². The van der Waals surface area contributed by atoms with E-state index < -0.39 is 0 Å². The van der Waals surface area contributed by atoms with E-state index in [0.29, 0.717) is 0 Å². The van der Waals surface area contributed by atoms with Gasteiger partial charge in [-0.2, -0.15) is 0 Å². The molecule has 6 aromatic carbocycles. The van der Waals surface area contributed by atoms with Crippen molar-refractivity contribution < 1.29 is 0 Å². The minimum atomic E-state index is -0.119. The van der Waals surface area contributed by atoms with Gasteiger partial charge in [-0.1, -0.05) is 135 Å². The smallest absolute Gasteiger partial charge is 0.0159 e. The number of rotatable bonds is 2. The minimum Gasteiger partial charge on any atom is -0.0572 e. The summed E-state index contributed by atoms with van der Waals surface area (Å²) in [7, 11) is 0. The van der Waals surface area contributed by atoms with Crippen molar-refractivity contribution >= 4 is 10.8 Å². The van der Waals surface area contributed by atoms with Crippen LogP contribution in [0.25, 0.3) is 55.3 Å². The molecule has 6 aromatic rings. The van der Waals surface area contributed by atoms with E-state index in [4.69, 9.17) is 0 Å². The average Bonchev–Trinajstić information content (AvgIpc) is 2.97. The molecule has 0 N–H and O–H groups in total. The van der Waals surface area contributed by atoms with E-state index in [0.717, 1.165) is 0 Å². The standard InChI is InChI=1S/C44H40/c1-25-17-26(2)20-31(19-25)29-9-11-33-35-13-14-36-34-12-10-30(32-21-27(3)18-28(4)22-32)24-40(34)44(7,8)38-16-15-37(41(35)42(36)38)43(5,6)39(33)23-29/h9-24H,1-8H3. The van der Waals surface area contributed by atoms with Crippen LogP contribution >= 0.6 is 0 Å². The maximum atomic E-state index is 2.46. The van der Waals surface area contributed by atoms with Gasteiger partial charge in [-0.15, -0.1) is 0 Å². The molecule has 0 heterocycles. The Morgan fingerprint density at radius 1 is 0.318 bits per heavy atom. The molecule has 8 rings (SSSR count). The molecule has 0 bridgehead atoms. The van der Waals surface area contributed by atoms with E-state index in [9.17, 15) is 0 Å². The first-order chi connectivity index (χ1) is 20.9. The van der Waals surface area contributed by atoms with E-state index in [1.54, 1.807) is 0 Å². The molecule has 0 atom stereocenters. The number of hydrogen-bond donors (Lipinski definition) is 0. The van der Waals surface area contributed by atoms with E-state index in [-0.39, 0.29) is 10.8 Å². The van der Waals surface area contributed by atoms with Crippen LogP contribution in [0.1, 0.15) is 72.2 Å². The maximum Gasteiger partial charge on any atom is 0.0159 e. The Labute approximate surface area is 262 Å². The highest BCUT2D eigenvalue weighted by Gasteiger charge is 2.39. The molecule has 0 radical (unpaired) electrons. The largest absolute Gasteiger partial charge is 0.0572 e. The van der Waals surface area contributed by atoms with Gasteiger partial charge in [0.1, 0.15) is 0 Å². The summed E-state index contributed by atoms with van der Waals surface area (Å²) < 4.78 is 0. The Kier molecular flexibility index (Phi) is 5.59. The lowest BCUT2D eigenvalue weighted by Crippen LogP contribution is -2.28. The van der Waals surface area contributed by atoms with Crippen molar-refractivity contribution in [1.29, 1.82) is 0 Å². The fraction of sp³-hybridized carbons (Fsp3) is 0.227. The number of hydrogen-bond acceptors (Lipinski definition) is 0. The third kappa shape index (κ3) is 3.76. The summed E-state index contributed by atoms with van der Waals surface area (Å²) in [5.41, 5.74) is 21.4. The van der Waals surface area contributed by atoms with E-state index in [1.165, 1.54) is 99.8 Å². The quantitative estimate of drug-likeness (QED) is 0.195. The van der Waals surface area contributed by atoms with Crippen molar-refractivity contribution in [3.05, 3.63) is 142 Å². The Bertz CT molecular complexity index is 2000. The minimum absolute atomic E-state index is 0.119. The lowest BCUT2D eigenvalue weighted by molar-refractivity contribution is 0.633. The van der Waals surface area contributed by atoms with Gasteiger partial charge in [-0.3, -0.25) is 0 Å². The summed E-state index contributed by atoms with van der Waals surface area (Å²) in [5, 5.41) is 2.88. The van der Waals surface area contributed by atoms with Gasteiger partial charge in [-0.05, 0) is 117 Å². The maximum absolute atomic E-state index is 2.46. The second-order valence-corrected chi connectivity index (χ2v) is 14.6. The van der Waals surface area contributed by atoms with E-state index in [1.807, 2.05) is 0 Å². The predicted octanol–water partition coefficient (Wildman–Crippen LogP) is 12.0. The molecule has 0 fully saturated rings. The summed E-state index contributed by atoms with van der Waals surface area (Å²) in [5.74, 6) is 0. The molecule has 0 amide bonds. The zero-order valence-electron chi connectivity index (χ0n) is 27.2. The van der Waals surface area contributed by atoms with Gasteiger partial charge >= 0.3 is 0 Å². The first-order valence-electron chi connectivity index (χ1n) is 16.0. The van der Waals surface area contributed by atoms with Crippen molar-refractivity contribution in [3.8, 4) is 44.5 Å². The summed E-state index contributed by atoms with van der Waals surface area (Å²) in [6.07, 6.45) is 0. The van der Waals surface area contributed by atoms with Crippen LogP contribution in [-0.2, 0) is 10.8 Å². The summed E-state index contributed by atoms with van der Waals surface area (Å²) in [4.78, 5) is 0. The first-order valence-corrected chi connectivity index (χ1v) is 16.0. The highest BCUT2D eigenvalue weighted by atomic mass is 14.4. The van der Waals surface area contributed by atoms with Gasteiger partial charge in [0.2, 0.25) is 0 Å². The summed E-state index contributed by atoms with van der Waals surface area (Å²) >= 11 is 0. The lowest BCUT2D eigenvalue weighted by atomic mass is 9.62. The zero-order valence-corrected chi connectivity index (χ0v) is 27.2. The molecule has 216 valence electrons. The molecule has 0 unspecified atom stereocenters.